The van der Waals surface area contributed by atoms with E-state index in [-0.39, 0.29) is 0 Å². The Kier molecular flexibility index (Phi) is 0.992. The Morgan fingerprint density at radius 1 is 1.83 bits per heavy atom. The summed E-state index contributed by atoms with van der Waals surface area (Å²) >= 11 is 0. The second-order valence-corrected chi connectivity index (χ2v) is 0.947. The lowest BCUT2D eigenvalue weighted by molar-refractivity contribution is -1.04. The van der Waals surface area contributed by atoms with Crippen LogP contribution in [0, 0.1) is 0 Å². The number of hydrogen-bond acceptors (Lipinski definition) is 3. The number of hydroxylamine groups is 1. The lowest BCUT2D eigenvalue weighted by Gasteiger charge is -2.06. The van der Waals surface area contributed by atoms with Crippen LogP contribution < -0.4 is 16.3 Å². The third kappa shape index (κ3) is 0.644. The van der Waals surface area contributed by atoms with E-state index in [0.29, 0.717) is 5.17 Å². The van der Waals surface area contributed by atoms with Gasteiger partial charge in [-0.05, 0) is 0 Å². The maximum absolute atomic E-state index is 4.54. The molecule has 36 valence electrons. The van der Waals surface area contributed by atoms with Crippen LogP contribution in [0.25, 0.3) is 5.53 Å². The molecule has 1 heterocycles. The van der Waals surface area contributed by atoms with Crippen molar-refractivity contribution in [3.63, 3.8) is 0 Å². The monoisotopic (exact) mass is 90.1 g/mol. The van der Waals surface area contributed by atoms with Gasteiger partial charge < -0.3 is 5.53 Å². The normalized spacial score (nSPS) is 34.5. The molecule has 6 heavy (non-hydrogen) atoms. The van der Waals surface area contributed by atoms with Crippen molar-refractivity contribution in [1.82, 2.24) is 11.1 Å². The Morgan fingerprint density at radius 3 is 2.83 bits per heavy atom. The van der Waals surface area contributed by atoms with Gasteiger partial charge in [-0.1, -0.05) is 5.59 Å². The van der Waals surface area contributed by atoms with E-state index < -0.39 is 0 Å². The zero-order valence-electron chi connectivity index (χ0n) is 3.36. The highest BCUT2D eigenvalue weighted by Crippen LogP contribution is 1.59. The predicted molar refractivity (Wildman–Crippen MR) is 17.6 cm³/mol. The van der Waals surface area contributed by atoms with Gasteiger partial charge in [0.2, 0.25) is 0 Å². The molecule has 1 unspecified atom stereocenters. The van der Waals surface area contributed by atoms with Gasteiger partial charge in [-0.15, -0.1) is 4.94 Å². The van der Waals surface area contributed by atoms with Crippen LogP contribution in [0.1, 0.15) is 0 Å². The van der Waals surface area contributed by atoms with Crippen molar-refractivity contribution in [3.05, 3.63) is 5.53 Å². The summed E-state index contributed by atoms with van der Waals surface area (Å²) in [5, 5.41) is 0.606. The van der Waals surface area contributed by atoms with Gasteiger partial charge in [0, 0.05) is 0 Å². The molecule has 0 aromatic carbocycles. The van der Waals surface area contributed by atoms with Crippen LogP contribution in [0.4, 0.5) is 0 Å². The van der Waals surface area contributed by atoms with E-state index in [1.165, 1.54) is 0 Å². The molecule has 1 rings (SSSR count). The van der Waals surface area contributed by atoms with Gasteiger partial charge >= 0.3 is 0 Å². The lowest BCUT2D eigenvalue weighted by Crippen LogP contribution is -3.02. The summed E-state index contributed by atoms with van der Waals surface area (Å²) in [4.78, 5) is 4.54. The van der Waals surface area contributed by atoms with Crippen molar-refractivity contribution in [1.29, 1.82) is 0 Å². The second kappa shape index (κ2) is 1.50. The Hall–Kier alpha value is -0.200. The van der Waals surface area contributed by atoms with E-state index in [0.717, 1.165) is 0 Å². The molecule has 3 N–H and O–H groups in total. The van der Waals surface area contributed by atoms with Crippen molar-refractivity contribution < 1.29 is 10.1 Å². The van der Waals surface area contributed by atoms with E-state index >= 15 is 0 Å². The maximum Gasteiger partial charge on any atom is 0.0898 e. The molecule has 1 aliphatic heterocycles. The Labute approximate surface area is 35.1 Å². The molecular formula is CH6N4O. The average Bonchev–Trinajstić information content (AvgIpc) is 1.86. The van der Waals surface area contributed by atoms with Crippen LogP contribution in [0.2, 0.25) is 0 Å². The predicted octanol–water partition coefficient (Wildman–Crippen LogP) is -2.34. The van der Waals surface area contributed by atoms with E-state index in [4.69, 9.17) is 0 Å². The van der Waals surface area contributed by atoms with E-state index in [1.807, 2.05) is 0 Å². The molecule has 0 aromatic rings. The summed E-state index contributed by atoms with van der Waals surface area (Å²) in [5.41, 5.74) is 8.28. The number of nitrogens with zero attached hydrogens (tertiary/aromatic N) is 1. The Balaban J connectivity index is 2.18. The third-order valence-electron chi connectivity index (χ3n) is 0.458. The molecule has 0 bridgehead atoms. The zero-order valence-corrected chi connectivity index (χ0v) is 3.36. The smallest absolute Gasteiger partial charge is 0.0898 e. The van der Waals surface area contributed by atoms with Crippen molar-refractivity contribution in [2.75, 3.05) is 7.05 Å². The fourth-order valence-corrected chi connectivity index (χ4v) is 0.221. The molecule has 0 aliphatic carbocycles. The number of hydrogen-bond donors (Lipinski definition) is 3. The molecule has 0 saturated carbocycles. The molecule has 5 heteroatoms. The highest BCUT2D eigenvalue weighted by Gasteiger charge is 1.93. The molecule has 0 spiro atoms. The fraction of sp³-hybridized carbons (Fsp3) is 1.00. The standard InChI is InChI=1S/CH6N4O/c1-5-3-2-4-6-5/h2,4-5H,1H3. The van der Waals surface area contributed by atoms with Gasteiger partial charge in [-0.25, -0.2) is 5.17 Å². The van der Waals surface area contributed by atoms with Crippen molar-refractivity contribution >= 4 is 0 Å². The van der Waals surface area contributed by atoms with Crippen molar-refractivity contribution in [3.8, 4) is 0 Å². The fourth-order valence-electron chi connectivity index (χ4n) is 0.221. The zero-order chi connectivity index (χ0) is 4.41. The minimum atomic E-state index is 0.606. The van der Waals surface area contributed by atoms with Crippen LogP contribution in [-0.4, -0.2) is 7.05 Å². The highest BCUT2D eigenvalue weighted by atomic mass is 16.9. The van der Waals surface area contributed by atoms with Crippen LogP contribution in [0.5, 0.6) is 0 Å². The molecule has 0 aromatic heterocycles. The second-order valence-electron chi connectivity index (χ2n) is 0.947. The molecule has 0 radical (unpaired) electrons. The molecule has 1 saturated heterocycles. The minimum Gasteiger partial charge on any atom is -0.336 e. The first kappa shape index (κ1) is 3.97. The van der Waals surface area contributed by atoms with E-state index in [2.05, 4.69) is 21.6 Å². The maximum atomic E-state index is 4.54. The molecular weight excluding hydrogens is 84.0 g/mol. The largest absolute Gasteiger partial charge is 0.336 e. The van der Waals surface area contributed by atoms with Gasteiger partial charge in [0.25, 0.3) is 0 Å². The van der Waals surface area contributed by atoms with Gasteiger partial charge in [0.15, 0.2) is 0 Å². The van der Waals surface area contributed by atoms with Gasteiger partial charge in [-0.3, -0.25) is 5.53 Å². The third-order valence-corrected chi connectivity index (χ3v) is 0.458. The average molecular weight is 90.1 g/mol. The molecule has 1 atom stereocenters. The number of hydrazine groups is 1. The van der Waals surface area contributed by atoms with Crippen molar-refractivity contribution in [2.24, 2.45) is 0 Å². The van der Waals surface area contributed by atoms with E-state index in [1.54, 1.807) is 7.05 Å². The SMILES string of the molecule is C[NH+]1[N-]NNO1. The van der Waals surface area contributed by atoms with Gasteiger partial charge in [0.05, 0.1) is 7.05 Å². The number of quaternary nitrogens is 1. The number of rotatable bonds is 0. The van der Waals surface area contributed by atoms with Gasteiger partial charge in [-0.2, -0.15) is 0 Å². The summed E-state index contributed by atoms with van der Waals surface area (Å²) in [6.07, 6.45) is 0. The first-order chi connectivity index (χ1) is 2.89. The molecule has 0 amide bonds. The summed E-state index contributed by atoms with van der Waals surface area (Å²) < 4.78 is 0. The molecule has 5 nitrogen and oxygen atoms in total. The first-order valence-electron chi connectivity index (χ1n) is 1.61. The first-order valence-corrected chi connectivity index (χ1v) is 1.61. The summed E-state index contributed by atoms with van der Waals surface area (Å²) in [5.74, 6) is 0. The van der Waals surface area contributed by atoms with E-state index in [9.17, 15) is 0 Å². The Morgan fingerprint density at radius 2 is 2.67 bits per heavy atom. The summed E-state index contributed by atoms with van der Waals surface area (Å²) in [7, 11) is 1.74. The molecule has 1 fully saturated rings. The highest BCUT2D eigenvalue weighted by molar-refractivity contribution is 4.34. The minimum absolute atomic E-state index is 0.606. The summed E-state index contributed by atoms with van der Waals surface area (Å²) in [6.45, 7) is 0. The van der Waals surface area contributed by atoms with Crippen LogP contribution in [-0.2, 0) is 4.94 Å². The lowest BCUT2D eigenvalue weighted by atomic mass is 11.5. The topological polar surface area (TPSA) is 51.8 Å². The quantitative estimate of drug-likeness (QED) is 0.312. The molecule has 1 aliphatic rings. The number of nitrogens with one attached hydrogen (secondary N) is 3. The van der Waals surface area contributed by atoms with Crippen molar-refractivity contribution in [2.45, 2.75) is 0 Å². The Bertz CT molecular complexity index is 40.8. The van der Waals surface area contributed by atoms with Crippen LogP contribution in [0.3, 0.4) is 0 Å². The van der Waals surface area contributed by atoms with Gasteiger partial charge in [0.1, 0.15) is 0 Å². The van der Waals surface area contributed by atoms with Crippen LogP contribution in [0.15, 0.2) is 0 Å². The van der Waals surface area contributed by atoms with Crippen LogP contribution >= 0.6 is 0 Å². The summed E-state index contributed by atoms with van der Waals surface area (Å²) in [6, 6.07) is 0.